The molecular weight excluding hydrogens is 330 g/mol. The summed E-state index contributed by atoms with van der Waals surface area (Å²) in [5.41, 5.74) is 2.40. The van der Waals surface area contributed by atoms with Gasteiger partial charge in [-0.3, -0.25) is 4.79 Å². The molecule has 1 saturated heterocycles. The van der Waals surface area contributed by atoms with Crippen molar-refractivity contribution in [1.82, 2.24) is 24.4 Å². The van der Waals surface area contributed by atoms with Gasteiger partial charge in [0.05, 0.1) is 12.7 Å². The summed E-state index contributed by atoms with van der Waals surface area (Å²) >= 11 is 0. The first-order chi connectivity index (χ1) is 12.7. The molecule has 1 aliphatic heterocycles. The molecule has 3 aromatic heterocycles. The molecule has 1 amide bonds. The first-order valence-corrected chi connectivity index (χ1v) is 8.81. The number of carbonyl (C=O) groups is 1. The number of imidazole rings is 1. The molecule has 3 aromatic rings. The lowest BCUT2D eigenvalue weighted by Gasteiger charge is -2.17. The third-order valence-electron chi connectivity index (χ3n) is 4.88. The lowest BCUT2D eigenvalue weighted by Crippen LogP contribution is -2.28. The Kier molecular flexibility index (Phi) is 4.28. The van der Waals surface area contributed by atoms with E-state index in [4.69, 9.17) is 9.72 Å². The molecule has 1 fully saturated rings. The van der Waals surface area contributed by atoms with Crippen LogP contribution in [0.3, 0.4) is 0 Å². The molecule has 1 aliphatic rings. The number of amides is 1. The Labute approximate surface area is 151 Å². The molecule has 0 bridgehead atoms. The van der Waals surface area contributed by atoms with Gasteiger partial charge in [-0.05, 0) is 31.5 Å². The number of likely N-dealkylation sites (tertiary alicyclic amines) is 1. The van der Waals surface area contributed by atoms with Gasteiger partial charge in [-0.15, -0.1) is 0 Å². The van der Waals surface area contributed by atoms with Crippen molar-refractivity contribution in [3.63, 3.8) is 0 Å². The van der Waals surface area contributed by atoms with Crippen LogP contribution in [0.25, 0.3) is 11.2 Å². The number of carbonyl (C=O) groups excluding carboxylic acids is 1. The molecule has 1 atom stereocenters. The van der Waals surface area contributed by atoms with E-state index in [1.165, 1.54) is 0 Å². The van der Waals surface area contributed by atoms with Crippen LogP contribution >= 0.6 is 0 Å². The summed E-state index contributed by atoms with van der Waals surface area (Å²) in [4.78, 5) is 28.0. The first kappa shape index (κ1) is 16.5. The molecule has 0 N–H and O–H groups in total. The van der Waals surface area contributed by atoms with Gasteiger partial charge in [0, 0.05) is 44.0 Å². The van der Waals surface area contributed by atoms with Crippen LogP contribution in [0.15, 0.2) is 36.7 Å². The topological polar surface area (TPSA) is 73.1 Å². The number of rotatable bonds is 4. The standard InChI is InChI=1S/C19H21N5O2/c1-3-24-17(22-15-5-4-9-20-18(15)24)14-8-10-23(12-14)19(25)13-6-7-16(26-2)21-11-13/h4-7,9,11,14H,3,8,10,12H2,1-2H3. The molecule has 7 nitrogen and oxygen atoms in total. The highest BCUT2D eigenvalue weighted by Crippen LogP contribution is 2.29. The van der Waals surface area contributed by atoms with E-state index < -0.39 is 0 Å². The minimum absolute atomic E-state index is 0.0000577. The maximum Gasteiger partial charge on any atom is 0.255 e. The molecule has 0 aliphatic carbocycles. The summed E-state index contributed by atoms with van der Waals surface area (Å²) in [7, 11) is 1.56. The fourth-order valence-corrected chi connectivity index (χ4v) is 3.57. The number of hydrogen-bond donors (Lipinski definition) is 0. The average Bonchev–Trinajstić information content (AvgIpc) is 3.31. The summed E-state index contributed by atoms with van der Waals surface area (Å²) in [6.07, 6.45) is 4.26. The van der Waals surface area contributed by atoms with Gasteiger partial charge in [-0.1, -0.05) is 0 Å². The zero-order valence-corrected chi connectivity index (χ0v) is 14.9. The third-order valence-corrected chi connectivity index (χ3v) is 4.88. The second kappa shape index (κ2) is 6.74. The van der Waals surface area contributed by atoms with E-state index in [0.29, 0.717) is 18.0 Å². The minimum atomic E-state index is -0.0000577. The number of nitrogens with zero attached hydrogens (tertiary/aromatic N) is 5. The average molecular weight is 351 g/mol. The van der Waals surface area contributed by atoms with Gasteiger partial charge in [0.2, 0.25) is 5.88 Å². The predicted octanol–water partition coefficient (Wildman–Crippen LogP) is 2.48. The van der Waals surface area contributed by atoms with Gasteiger partial charge >= 0.3 is 0 Å². The van der Waals surface area contributed by atoms with Crippen molar-refractivity contribution in [2.45, 2.75) is 25.8 Å². The Morgan fingerprint density at radius 2 is 2.19 bits per heavy atom. The van der Waals surface area contributed by atoms with Gasteiger partial charge in [-0.2, -0.15) is 0 Å². The Morgan fingerprint density at radius 1 is 1.31 bits per heavy atom. The second-order valence-corrected chi connectivity index (χ2v) is 6.39. The molecular formula is C19H21N5O2. The SMILES string of the molecule is CCn1c(C2CCN(C(=O)c3ccc(OC)nc3)C2)nc2cccnc21. The lowest BCUT2D eigenvalue weighted by atomic mass is 10.1. The van der Waals surface area contributed by atoms with Gasteiger partial charge in [0.25, 0.3) is 5.91 Å². The van der Waals surface area contributed by atoms with E-state index in [2.05, 4.69) is 21.5 Å². The van der Waals surface area contributed by atoms with E-state index in [9.17, 15) is 4.79 Å². The van der Waals surface area contributed by atoms with Crippen LogP contribution in [0, 0.1) is 0 Å². The van der Waals surface area contributed by atoms with Crippen LogP contribution in [0.1, 0.15) is 35.4 Å². The third kappa shape index (κ3) is 2.79. The van der Waals surface area contributed by atoms with E-state index >= 15 is 0 Å². The Bertz CT molecular complexity index is 935. The van der Waals surface area contributed by atoms with E-state index in [1.54, 1.807) is 31.6 Å². The fraction of sp³-hybridized carbons (Fsp3) is 0.368. The van der Waals surface area contributed by atoms with Gasteiger partial charge in [-0.25, -0.2) is 15.0 Å². The van der Waals surface area contributed by atoms with Crippen LogP contribution in [0.2, 0.25) is 0 Å². The summed E-state index contributed by atoms with van der Waals surface area (Å²) in [5.74, 6) is 1.74. The van der Waals surface area contributed by atoms with Crippen molar-refractivity contribution in [3.05, 3.63) is 48.0 Å². The van der Waals surface area contributed by atoms with Crippen molar-refractivity contribution in [3.8, 4) is 5.88 Å². The summed E-state index contributed by atoms with van der Waals surface area (Å²) in [6, 6.07) is 7.36. The lowest BCUT2D eigenvalue weighted by molar-refractivity contribution is 0.0790. The number of aromatic nitrogens is 4. The molecule has 1 unspecified atom stereocenters. The van der Waals surface area contributed by atoms with E-state index in [-0.39, 0.29) is 11.8 Å². The van der Waals surface area contributed by atoms with Crippen molar-refractivity contribution in [2.75, 3.05) is 20.2 Å². The zero-order chi connectivity index (χ0) is 18.1. The van der Waals surface area contributed by atoms with Gasteiger partial charge in [0.15, 0.2) is 5.65 Å². The molecule has 4 heterocycles. The van der Waals surface area contributed by atoms with Crippen molar-refractivity contribution >= 4 is 17.1 Å². The highest BCUT2D eigenvalue weighted by molar-refractivity contribution is 5.94. The predicted molar refractivity (Wildman–Crippen MR) is 97.3 cm³/mol. The largest absolute Gasteiger partial charge is 0.481 e. The molecule has 26 heavy (non-hydrogen) atoms. The van der Waals surface area contributed by atoms with Crippen molar-refractivity contribution < 1.29 is 9.53 Å². The van der Waals surface area contributed by atoms with E-state index in [0.717, 1.165) is 36.5 Å². The normalized spacial score (nSPS) is 17.0. The number of aryl methyl sites for hydroxylation is 1. The van der Waals surface area contributed by atoms with Gasteiger partial charge < -0.3 is 14.2 Å². The van der Waals surface area contributed by atoms with Crippen LogP contribution in [-0.4, -0.2) is 50.5 Å². The van der Waals surface area contributed by atoms with Crippen molar-refractivity contribution in [2.24, 2.45) is 0 Å². The Hall–Kier alpha value is -2.96. The monoisotopic (exact) mass is 351 g/mol. The van der Waals surface area contributed by atoms with Crippen molar-refractivity contribution in [1.29, 1.82) is 0 Å². The van der Waals surface area contributed by atoms with Crippen LogP contribution in [0.5, 0.6) is 5.88 Å². The molecule has 134 valence electrons. The van der Waals surface area contributed by atoms with Crippen LogP contribution < -0.4 is 4.74 Å². The van der Waals surface area contributed by atoms with E-state index in [1.807, 2.05) is 17.0 Å². The quantitative estimate of drug-likeness (QED) is 0.722. The fourth-order valence-electron chi connectivity index (χ4n) is 3.57. The second-order valence-electron chi connectivity index (χ2n) is 6.39. The highest BCUT2D eigenvalue weighted by atomic mass is 16.5. The smallest absolute Gasteiger partial charge is 0.255 e. The molecule has 0 saturated carbocycles. The maximum absolute atomic E-state index is 12.8. The number of fused-ring (bicyclic) bond motifs is 1. The minimum Gasteiger partial charge on any atom is -0.481 e. The Morgan fingerprint density at radius 3 is 2.92 bits per heavy atom. The number of pyridine rings is 2. The first-order valence-electron chi connectivity index (χ1n) is 8.81. The summed E-state index contributed by atoms with van der Waals surface area (Å²) in [6.45, 7) is 4.29. The Balaban J connectivity index is 1.55. The molecule has 0 radical (unpaired) electrons. The summed E-state index contributed by atoms with van der Waals surface area (Å²) in [5, 5.41) is 0. The highest BCUT2D eigenvalue weighted by Gasteiger charge is 2.31. The summed E-state index contributed by atoms with van der Waals surface area (Å²) < 4.78 is 7.21. The number of hydrogen-bond acceptors (Lipinski definition) is 5. The van der Waals surface area contributed by atoms with Gasteiger partial charge in [0.1, 0.15) is 11.3 Å². The molecule has 0 spiro atoms. The van der Waals surface area contributed by atoms with Crippen LogP contribution in [-0.2, 0) is 6.54 Å². The molecule has 0 aromatic carbocycles. The zero-order valence-electron chi connectivity index (χ0n) is 14.9. The molecule has 4 rings (SSSR count). The number of ether oxygens (including phenoxy) is 1. The maximum atomic E-state index is 12.8. The molecule has 7 heteroatoms. The number of methoxy groups -OCH3 is 1. The van der Waals surface area contributed by atoms with Crippen LogP contribution in [0.4, 0.5) is 0 Å².